The van der Waals surface area contributed by atoms with Crippen molar-refractivity contribution in [1.29, 1.82) is 0 Å². The highest BCUT2D eigenvalue weighted by molar-refractivity contribution is 5.90. The molecule has 138 valence electrons. The van der Waals surface area contributed by atoms with Gasteiger partial charge in [0.15, 0.2) is 5.96 Å². The summed E-state index contributed by atoms with van der Waals surface area (Å²) in [6.07, 6.45) is 1.30. The van der Waals surface area contributed by atoms with Gasteiger partial charge in [0, 0.05) is 6.54 Å². The Morgan fingerprint density at radius 3 is 2.12 bits per heavy atom. The van der Waals surface area contributed by atoms with Crippen LogP contribution in [0.15, 0.2) is 4.99 Å². The minimum Gasteiger partial charge on any atom is -0.480 e. The van der Waals surface area contributed by atoms with Gasteiger partial charge in [0.1, 0.15) is 12.1 Å². The molecule has 0 aliphatic heterocycles. The van der Waals surface area contributed by atoms with E-state index < -0.39 is 29.9 Å². The van der Waals surface area contributed by atoms with Gasteiger partial charge in [-0.2, -0.15) is 0 Å². The maximum atomic E-state index is 12.3. The van der Waals surface area contributed by atoms with Gasteiger partial charge in [0.05, 0.1) is 6.54 Å². The van der Waals surface area contributed by atoms with Gasteiger partial charge >= 0.3 is 5.97 Å². The molecular formula is C13H27N7O4. The molecule has 0 unspecified atom stereocenters. The largest absolute Gasteiger partial charge is 0.480 e. The Bertz CT molecular complexity index is 452. The smallest absolute Gasteiger partial charge is 0.326 e. The van der Waals surface area contributed by atoms with E-state index in [1.165, 1.54) is 0 Å². The summed E-state index contributed by atoms with van der Waals surface area (Å²) in [5.74, 6) is -2.37. The number of amides is 2. The number of rotatable bonds is 12. The molecule has 0 aliphatic carbocycles. The van der Waals surface area contributed by atoms with Gasteiger partial charge in [0.25, 0.3) is 0 Å². The molecule has 11 nitrogen and oxygen atoms in total. The summed E-state index contributed by atoms with van der Waals surface area (Å²) in [5, 5.41) is 14.0. The highest BCUT2D eigenvalue weighted by Gasteiger charge is 2.25. The molecule has 0 bridgehead atoms. The summed E-state index contributed by atoms with van der Waals surface area (Å²) in [7, 11) is 0. The van der Waals surface area contributed by atoms with Gasteiger partial charge in [-0.25, -0.2) is 4.79 Å². The van der Waals surface area contributed by atoms with Crippen LogP contribution in [0.4, 0.5) is 0 Å². The predicted molar refractivity (Wildman–Crippen MR) is 88.8 cm³/mol. The number of carbonyl (C=O) groups excluding carboxylic acids is 2. The van der Waals surface area contributed by atoms with Crippen molar-refractivity contribution in [2.24, 2.45) is 27.9 Å². The van der Waals surface area contributed by atoms with Crippen molar-refractivity contribution >= 4 is 23.7 Å². The maximum absolute atomic E-state index is 12.3. The molecule has 0 aromatic carbocycles. The minimum atomic E-state index is -1.17. The molecule has 11 N–H and O–H groups in total. The Morgan fingerprint density at radius 2 is 1.62 bits per heavy atom. The fourth-order valence-electron chi connectivity index (χ4n) is 1.88. The van der Waals surface area contributed by atoms with Gasteiger partial charge in [-0.15, -0.1) is 0 Å². The lowest BCUT2D eigenvalue weighted by Gasteiger charge is -2.21. The second-order valence-electron chi connectivity index (χ2n) is 5.10. The molecule has 0 saturated carbocycles. The van der Waals surface area contributed by atoms with Crippen LogP contribution in [0.25, 0.3) is 0 Å². The standard InChI is InChI=1S/C13H27N7O4/c14-5-1-3-9(12(23)24)20-11(22)8(19-10(21)7-15)4-2-6-18-13(16)17/h8-9H,1-7,14-15H2,(H,19,21)(H,20,22)(H,23,24)(H4,16,17,18)/t8-,9-/m0/s1. The normalized spacial score (nSPS) is 12.8. The minimum absolute atomic E-state index is 0.0743. The van der Waals surface area contributed by atoms with E-state index in [0.29, 0.717) is 19.4 Å². The lowest BCUT2D eigenvalue weighted by atomic mass is 10.1. The average molecular weight is 345 g/mol. The van der Waals surface area contributed by atoms with Crippen LogP contribution < -0.4 is 33.6 Å². The van der Waals surface area contributed by atoms with Crippen molar-refractivity contribution in [1.82, 2.24) is 10.6 Å². The van der Waals surface area contributed by atoms with Gasteiger partial charge in [-0.05, 0) is 32.2 Å². The van der Waals surface area contributed by atoms with Crippen LogP contribution in [0.3, 0.4) is 0 Å². The molecule has 2 amide bonds. The molecule has 0 saturated heterocycles. The highest BCUT2D eigenvalue weighted by atomic mass is 16.4. The van der Waals surface area contributed by atoms with Gasteiger partial charge in [-0.3, -0.25) is 14.6 Å². The number of carboxylic acid groups (broad SMARTS) is 1. The molecule has 0 spiro atoms. The first-order valence-corrected chi connectivity index (χ1v) is 7.59. The first kappa shape index (κ1) is 21.6. The summed E-state index contributed by atoms with van der Waals surface area (Å²) in [5.41, 5.74) is 21.0. The molecule has 0 fully saturated rings. The number of nitrogens with one attached hydrogen (secondary N) is 2. The zero-order valence-electron chi connectivity index (χ0n) is 13.5. The summed E-state index contributed by atoms with van der Waals surface area (Å²) in [6.45, 7) is 0.304. The van der Waals surface area contributed by atoms with E-state index in [9.17, 15) is 14.4 Å². The first-order chi connectivity index (χ1) is 11.3. The van der Waals surface area contributed by atoms with E-state index in [-0.39, 0.29) is 31.9 Å². The number of aliphatic carboxylic acids is 1. The second-order valence-corrected chi connectivity index (χ2v) is 5.10. The van der Waals surface area contributed by atoms with Crippen LogP contribution in [0.1, 0.15) is 25.7 Å². The molecular weight excluding hydrogens is 318 g/mol. The van der Waals surface area contributed by atoms with Crippen molar-refractivity contribution in [2.75, 3.05) is 19.6 Å². The summed E-state index contributed by atoms with van der Waals surface area (Å²) >= 11 is 0. The van der Waals surface area contributed by atoms with E-state index >= 15 is 0 Å². The fraction of sp³-hybridized carbons (Fsp3) is 0.692. The van der Waals surface area contributed by atoms with Gasteiger partial charge < -0.3 is 38.7 Å². The number of hydrogen-bond acceptors (Lipinski definition) is 6. The van der Waals surface area contributed by atoms with Crippen molar-refractivity contribution < 1.29 is 19.5 Å². The van der Waals surface area contributed by atoms with Gasteiger partial charge in [0.2, 0.25) is 11.8 Å². The number of nitrogens with zero attached hydrogens (tertiary/aromatic N) is 1. The molecule has 24 heavy (non-hydrogen) atoms. The molecule has 2 atom stereocenters. The van der Waals surface area contributed by atoms with Crippen LogP contribution in [-0.4, -0.2) is 60.6 Å². The third-order valence-corrected chi connectivity index (χ3v) is 3.09. The van der Waals surface area contributed by atoms with Crippen molar-refractivity contribution in [2.45, 2.75) is 37.8 Å². The quantitative estimate of drug-likeness (QED) is 0.108. The monoisotopic (exact) mass is 345 g/mol. The molecule has 0 aromatic rings. The zero-order chi connectivity index (χ0) is 18.5. The molecule has 11 heteroatoms. The number of carboxylic acids is 1. The van der Waals surface area contributed by atoms with Gasteiger partial charge in [-0.1, -0.05) is 0 Å². The van der Waals surface area contributed by atoms with E-state index in [2.05, 4.69) is 15.6 Å². The average Bonchev–Trinajstić information content (AvgIpc) is 2.53. The molecule has 0 radical (unpaired) electrons. The Hall–Kier alpha value is -2.40. The van der Waals surface area contributed by atoms with Crippen molar-refractivity contribution in [3.63, 3.8) is 0 Å². The lowest BCUT2D eigenvalue weighted by molar-refractivity contribution is -0.142. The zero-order valence-corrected chi connectivity index (χ0v) is 13.5. The summed E-state index contributed by atoms with van der Waals surface area (Å²) in [4.78, 5) is 38.6. The molecule has 0 aromatic heterocycles. The third kappa shape index (κ3) is 9.58. The predicted octanol–water partition coefficient (Wildman–Crippen LogP) is -3.21. The number of guanidine groups is 1. The number of aliphatic imine (C=N–C) groups is 1. The Morgan fingerprint density at radius 1 is 1.00 bits per heavy atom. The van der Waals surface area contributed by atoms with Crippen LogP contribution in [0.2, 0.25) is 0 Å². The van der Waals surface area contributed by atoms with E-state index in [1.807, 2.05) is 0 Å². The summed E-state index contributed by atoms with van der Waals surface area (Å²) < 4.78 is 0. The molecule has 0 rings (SSSR count). The number of carbonyl (C=O) groups is 3. The van der Waals surface area contributed by atoms with E-state index in [0.717, 1.165) is 0 Å². The Kier molecular flexibility index (Phi) is 10.9. The second kappa shape index (κ2) is 12.1. The number of hydrogen-bond donors (Lipinski definition) is 7. The fourth-order valence-corrected chi connectivity index (χ4v) is 1.88. The van der Waals surface area contributed by atoms with E-state index in [1.54, 1.807) is 0 Å². The lowest BCUT2D eigenvalue weighted by Crippen LogP contribution is -2.52. The van der Waals surface area contributed by atoms with Crippen molar-refractivity contribution in [3.8, 4) is 0 Å². The topological polar surface area (TPSA) is 212 Å². The first-order valence-electron chi connectivity index (χ1n) is 7.59. The SMILES string of the molecule is NCCC[C@H](NC(=O)[C@H](CCCN=C(N)N)NC(=O)CN)C(=O)O. The third-order valence-electron chi connectivity index (χ3n) is 3.09. The van der Waals surface area contributed by atoms with Crippen LogP contribution >= 0.6 is 0 Å². The van der Waals surface area contributed by atoms with Crippen LogP contribution in [-0.2, 0) is 14.4 Å². The van der Waals surface area contributed by atoms with Crippen molar-refractivity contribution in [3.05, 3.63) is 0 Å². The van der Waals surface area contributed by atoms with Crippen LogP contribution in [0.5, 0.6) is 0 Å². The van der Waals surface area contributed by atoms with Crippen LogP contribution in [0, 0.1) is 0 Å². The highest BCUT2D eigenvalue weighted by Crippen LogP contribution is 2.02. The van der Waals surface area contributed by atoms with E-state index in [4.69, 9.17) is 28.0 Å². The Labute approximate surface area is 140 Å². The molecule has 0 heterocycles. The number of nitrogens with two attached hydrogens (primary N) is 4. The summed E-state index contributed by atoms with van der Waals surface area (Å²) in [6, 6.07) is -1.99. The molecule has 0 aliphatic rings. The Balaban J connectivity index is 4.77. The maximum Gasteiger partial charge on any atom is 0.326 e.